The Balaban J connectivity index is 1.35. The smallest absolute Gasteiger partial charge is 0.261 e. The van der Waals surface area contributed by atoms with Crippen LogP contribution in [0.3, 0.4) is 0 Å². The van der Waals surface area contributed by atoms with Gasteiger partial charge < -0.3 is 14.8 Å². The zero-order chi connectivity index (χ0) is 24.3. The van der Waals surface area contributed by atoms with Gasteiger partial charge in [0.1, 0.15) is 0 Å². The standard InChI is InChI=1S/C25H19BrCl2N2O4S/c26-21-11-24-23(33-12-34-24)10-20(21)25-18-3-1-2-17(18)19-9-16(4-5-22(19)29-25)35(31,32)30-15-7-13(27)6-14(28)8-15/h1-2,4-11,17-18,25,29-30H,3,12H2/t17-,18+,25-/m0/s1. The third-order valence-electron chi connectivity index (χ3n) is 6.59. The Morgan fingerprint density at radius 1 is 0.971 bits per heavy atom. The fourth-order valence-electron chi connectivity index (χ4n) is 5.05. The van der Waals surface area contributed by atoms with Crippen molar-refractivity contribution in [2.24, 2.45) is 5.92 Å². The number of ether oxygens (including phenoxy) is 2. The van der Waals surface area contributed by atoms with Gasteiger partial charge in [0, 0.05) is 26.1 Å². The first kappa shape index (κ1) is 23.0. The van der Waals surface area contributed by atoms with Crippen molar-refractivity contribution in [3.05, 3.63) is 86.3 Å². The van der Waals surface area contributed by atoms with Crippen LogP contribution >= 0.6 is 39.1 Å². The van der Waals surface area contributed by atoms with E-state index in [2.05, 4.69) is 38.1 Å². The molecule has 0 spiro atoms. The minimum atomic E-state index is -3.85. The molecule has 0 bridgehead atoms. The van der Waals surface area contributed by atoms with Gasteiger partial charge in [-0.15, -0.1) is 0 Å². The van der Waals surface area contributed by atoms with E-state index >= 15 is 0 Å². The highest BCUT2D eigenvalue weighted by molar-refractivity contribution is 9.10. The number of rotatable bonds is 4. The Hall–Kier alpha value is -2.39. The van der Waals surface area contributed by atoms with E-state index in [0.29, 0.717) is 15.7 Å². The second-order valence-corrected chi connectivity index (χ2v) is 12.1. The quantitative estimate of drug-likeness (QED) is 0.315. The van der Waals surface area contributed by atoms with Crippen molar-refractivity contribution in [3.8, 4) is 11.5 Å². The van der Waals surface area contributed by atoms with E-state index in [0.717, 1.165) is 39.2 Å². The highest BCUT2D eigenvalue weighted by atomic mass is 79.9. The average molecular weight is 594 g/mol. The van der Waals surface area contributed by atoms with Gasteiger partial charge >= 0.3 is 0 Å². The van der Waals surface area contributed by atoms with Crippen LogP contribution in [0.2, 0.25) is 10.0 Å². The van der Waals surface area contributed by atoms with Crippen LogP contribution < -0.4 is 19.5 Å². The number of hydrogen-bond donors (Lipinski definition) is 2. The number of allylic oxidation sites excluding steroid dienone is 2. The first-order valence-electron chi connectivity index (χ1n) is 10.9. The zero-order valence-electron chi connectivity index (χ0n) is 18.1. The zero-order valence-corrected chi connectivity index (χ0v) is 22.0. The number of benzene rings is 3. The minimum absolute atomic E-state index is 0.0144. The maximum atomic E-state index is 13.2. The lowest BCUT2D eigenvalue weighted by molar-refractivity contribution is 0.174. The van der Waals surface area contributed by atoms with Crippen LogP contribution in [0.5, 0.6) is 11.5 Å². The van der Waals surface area contributed by atoms with E-state index in [9.17, 15) is 8.42 Å². The molecule has 0 unspecified atom stereocenters. The molecule has 2 N–H and O–H groups in total. The number of nitrogens with one attached hydrogen (secondary N) is 2. The van der Waals surface area contributed by atoms with E-state index in [1.807, 2.05) is 18.2 Å². The van der Waals surface area contributed by atoms with Crippen molar-refractivity contribution in [2.45, 2.75) is 23.3 Å². The van der Waals surface area contributed by atoms with E-state index < -0.39 is 10.0 Å². The van der Waals surface area contributed by atoms with E-state index in [1.165, 1.54) is 12.1 Å². The summed E-state index contributed by atoms with van der Waals surface area (Å²) in [6.45, 7) is 0.215. The molecule has 0 amide bonds. The Labute approximate surface area is 221 Å². The molecule has 0 saturated carbocycles. The molecule has 3 aromatic carbocycles. The predicted octanol–water partition coefficient (Wildman–Crippen LogP) is 7.11. The van der Waals surface area contributed by atoms with Crippen molar-refractivity contribution in [1.29, 1.82) is 0 Å². The van der Waals surface area contributed by atoms with Gasteiger partial charge in [-0.3, -0.25) is 4.72 Å². The first-order chi connectivity index (χ1) is 16.8. The fourth-order valence-corrected chi connectivity index (χ4v) is 7.22. The number of anilines is 2. The van der Waals surface area contributed by atoms with Gasteiger partial charge in [-0.05, 0) is 72.0 Å². The Morgan fingerprint density at radius 2 is 1.71 bits per heavy atom. The summed E-state index contributed by atoms with van der Waals surface area (Å²) < 4.78 is 41.0. The molecule has 180 valence electrons. The van der Waals surface area contributed by atoms with Crippen LogP contribution in [-0.2, 0) is 10.0 Å². The van der Waals surface area contributed by atoms with Gasteiger partial charge in [0.25, 0.3) is 10.0 Å². The lowest BCUT2D eigenvalue weighted by Crippen LogP contribution is -2.29. The number of halogens is 3. The first-order valence-corrected chi connectivity index (χ1v) is 14.0. The van der Waals surface area contributed by atoms with Gasteiger partial charge in [-0.1, -0.05) is 51.3 Å². The molecule has 3 aromatic rings. The molecule has 6 rings (SSSR count). The summed E-state index contributed by atoms with van der Waals surface area (Å²) in [5.41, 5.74) is 3.24. The lowest BCUT2D eigenvalue weighted by Gasteiger charge is -2.38. The van der Waals surface area contributed by atoms with E-state index in [4.69, 9.17) is 32.7 Å². The second kappa shape index (κ2) is 8.62. The highest BCUT2D eigenvalue weighted by Gasteiger charge is 2.39. The van der Waals surface area contributed by atoms with Gasteiger partial charge in [-0.25, -0.2) is 8.42 Å². The Morgan fingerprint density at radius 3 is 2.49 bits per heavy atom. The van der Waals surface area contributed by atoms with Crippen molar-refractivity contribution in [2.75, 3.05) is 16.8 Å². The molecule has 2 heterocycles. The van der Waals surface area contributed by atoms with Crippen LogP contribution in [0.4, 0.5) is 11.4 Å². The molecule has 0 fully saturated rings. The van der Waals surface area contributed by atoms with Crippen LogP contribution in [-0.4, -0.2) is 15.2 Å². The molecular formula is C25H19BrCl2N2O4S. The number of hydrogen-bond acceptors (Lipinski definition) is 5. The van der Waals surface area contributed by atoms with Gasteiger partial charge in [0.15, 0.2) is 11.5 Å². The third-order valence-corrected chi connectivity index (χ3v) is 9.09. The Bertz CT molecular complexity index is 1470. The Kier molecular flexibility index (Phi) is 5.67. The molecule has 35 heavy (non-hydrogen) atoms. The number of fused-ring (bicyclic) bond motifs is 4. The second-order valence-electron chi connectivity index (χ2n) is 8.72. The molecule has 2 aliphatic heterocycles. The fraction of sp³-hybridized carbons (Fsp3) is 0.200. The van der Waals surface area contributed by atoms with Crippen molar-refractivity contribution >= 4 is 60.5 Å². The normalized spacial score (nSPS) is 21.9. The summed E-state index contributed by atoms with van der Waals surface area (Å²) in [6, 6.07) is 13.7. The maximum Gasteiger partial charge on any atom is 0.261 e. The largest absolute Gasteiger partial charge is 0.454 e. The van der Waals surface area contributed by atoms with E-state index in [1.54, 1.807) is 18.2 Å². The van der Waals surface area contributed by atoms with Crippen LogP contribution in [0, 0.1) is 5.92 Å². The summed E-state index contributed by atoms with van der Waals surface area (Å²) in [4.78, 5) is 0.177. The van der Waals surface area contributed by atoms with Crippen molar-refractivity contribution in [3.63, 3.8) is 0 Å². The van der Waals surface area contributed by atoms with Gasteiger partial charge in [-0.2, -0.15) is 0 Å². The molecule has 3 aliphatic rings. The molecule has 10 heteroatoms. The maximum absolute atomic E-state index is 13.2. The monoisotopic (exact) mass is 592 g/mol. The van der Waals surface area contributed by atoms with Crippen LogP contribution in [0.1, 0.15) is 29.5 Å². The summed E-state index contributed by atoms with van der Waals surface area (Å²) in [5.74, 6) is 1.74. The van der Waals surface area contributed by atoms with Gasteiger partial charge in [0.2, 0.25) is 6.79 Å². The lowest BCUT2D eigenvalue weighted by atomic mass is 9.77. The molecule has 0 aromatic heterocycles. The third kappa shape index (κ3) is 4.16. The summed E-state index contributed by atoms with van der Waals surface area (Å²) in [7, 11) is -3.85. The van der Waals surface area contributed by atoms with Gasteiger partial charge in [0.05, 0.1) is 16.6 Å². The molecular weight excluding hydrogens is 575 g/mol. The molecule has 0 radical (unpaired) electrons. The van der Waals surface area contributed by atoms with Crippen molar-refractivity contribution in [1.82, 2.24) is 0 Å². The number of sulfonamides is 1. The van der Waals surface area contributed by atoms with E-state index in [-0.39, 0.29) is 29.6 Å². The summed E-state index contributed by atoms with van der Waals surface area (Å²) >= 11 is 15.8. The average Bonchev–Trinajstić information content (AvgIpc) is 3.46. The highest BCUT2D eigenvalue weighted by Crippen LogP contribution is 2.52. The predicted molar refractivity (Wildman–Crippen MR) is 140 cm³/mol. The SMILES string of the molecule is O=S(=O)(Nc1cc(Cl)cc(Cl)c1)c1ccc2c(c1)[C@H]1C=CC[C@H]1[C@@H](c1cc3c(cc1Br)OCO3)N2. The minimum Gasteiger partial charge on any atom is -0.454 e. The molecule has 0 saturated heterocycles. The molecule has 1 aliphatic carbocycles. The topological polar surface area (TPSA) is 76.7 Å². The summed E-state index contributed by atoms with van der Waals surface area (Å²) in [5, 5.41) is 4.35. The van der Waals surface area contributed by atoms with Crippen molar-refractivity contribution < 1.29 is 17.9 Å². The van der Waals surface area contributed by atoms with Crippen LogP contribution in [0.15, 0.2) is 70.1 Å². The molecule has 3 atom stereocenters. The molecule has 6 nitrogen and oxygen atoms in total. The summed E-state index contributed by atoms with van der Waals surface area (Å²) in [6.07, 6.45) is 5.20. The van der Waals surface area contributed by atoms with Crippen LogP contribution in [0.25, 0.3) is 0 Å².